The van der Waals surface area contributed by atoms with Crippen LogP contribution in [0.4, 0.5) is 0 Å². The standard InChI is InChI=1S/C13H19ClN4S/c1-4-5-15-11(6-10-7-18(3)17-16-10)13-12(14)9(2)8-19-13/h7-8,11,15H,4-6H2,1-3H3. The number of halogens is 1. The van der Waals surface area contributed by atoms with Gasteiger partial charge in [-0.3, -0.25) is 4.68 Å². The van der Waals surface area contributed by atoms with Crippen LogP contribution in [0.1, 0.15) is 35.5 Å². The number of hydrogen-bond acceptors (Lipinski definition) is 4. The fraction of sp³-hybridized carbons (Fsp3) is 0.538. The molecular formula is C13H19ClN4S. The van der Waals surface area contributed by atoms with Crippen LogP contribution in [-0.2, 0) is 13.5 Å². The molecule has 1 N–H and O–H groups in total. The lowest BCUT2D eigenvalue weighted by Gasteiger charge is -2.16. The minimum Gasteiger partial charge on any atom is -0.309 e. The number of rotatable bonds is 6. The summed E-state index contributed by atoms with van der Waals surface area (Å²) in [6.07, 6.45) is 3.86. The summed E-state index contributed by atoms with van der Waals surface area (Å²) in [6, 6.07) is 0.211. The number of aryl methyl sites for hydroxylation is 2. The SMILES string of the molecule is CCCNC(Cc1cn(C)nn1)c1scc(C)c1Cl. The first kappa shape index (κ1) is 14.5. The van der Waals surface area contributed by atoms with E-state index in [1.165, 1.54) is 4.88 Å². The van der Waals surface area contributed by atoms with Gasteiger partial charge in [0.1, 0.15) is 0 Å². The van der Waals surface area contributed by atoms with Gasteiger partial charge in [0.25, 0.3) is 0 Å². The quantitative estimate of drug-likeness (QED) is 0.891. The van der Waals surface area contributed by atoms with Crippen molar-refractivity contribution in [3.63, 3.8) is 0 Å². The molecule has 0 spiro atoms. The van der Waals surface area contributed by atoms with E-state index >= 15 is 0 Å². The highest BCUT2D eigenvalue weighted by molar-refractivity contribution is 7.10. The fourth-order valence-corrected chi connectivity index (χ4v) is 3.36. The predicted octanol–water partition coefficient (Wildman–Crippen LogP) is 3.12. The number of aromatic nitrogens is 3. The van der Waals surface area contributed by atoms with Crippen LogP contribution >= 0.6 is 22.9 Å². The summed E-state index contributed by atoms with van der Waals surface area (Å²) >= 11 is 8.09. The highest BCUT2D eigenvalue weighted by atomic mass is 35.5. The Morgan fingerprint density at radius 3 is 2.84 bits per heavy atom. The molecule has 6 heteroatoms. The summed E-state index contributed by atoms with van der Waals surface area (Å²) in [5.41, 5.74) is 2.13. The van der Waals surface area contributed by atoms with Crippen molar-refractivity contribution in [3.8, 4) is 0 Å². The number of nitrogens with zero attached hydrogens (tertiary/aromatic N) is 3. The molecule has 0 radical (unpaired) electrons. The molecule has 2 aromatic heterocycles. The van der Waals surface area contributed by atoms with Crippen molar-refractivity contribution < 1.29 is 0 Å². The van der Waals surface area contributed by atoms with Gasteiger partial charge in [-0.1, -0.05) is 23.7 Å². The molecule has 104 valence electrons. The van der Waals surface area contributed by atoms with Crippen molar-refractivity contribution in [3.05, 3.63) is 32.7 Å². The average Bonchev–Trinajstić information content (AvgIpc) is 2.93. The Morgan fingerprint density at radius 1 is 1.53 bits per heavy atom. The van der Waals surface area contributed by atoms with Gasteiger partial charge in [0.2, 0.25) is 0 Å². The highest BCUT2D eigenvalue weighted by Gasteiger charge is 2.19. The van der Waals surface area contributed by atoms with Crippen LogP contribution < -0.4 is 5.32 Å². The van der Waals surface area contributed by atoms with Gasteiger partial charge in [-0.15, -0.1) is 16.4 Å². The van der Waals surface area contributed by atoms with Gasteiger partial charge < -0.3 is 5.32 Å². The Morgan fingerprint density at radius 2 is 2.32 bits per heavy atom. The van der Waals surface area contributed by atoms with Crippen LogP contribution in [0.3, 0.4) is 0 Å². The fourth-order valence-electron chi connectivity index (χ4n) is 1.96. The van der Waals surface area contributed by atoms with Gasteiger partial charge in [-0.2, -0.15) is 0 Å². The number of nitrogens with one attached hydrogen (secondary N) is 1. The van der Waals surface area contributed by atoms with Crippen molar-refractivity contribution in [1.29, 1.82) is 0 Å². The maximum Gasteiger partial charge on any atom is 0.0846 e. The Labute approximate surface area is 122 Å². The maximum atomic E-state index is 6.38. The van der Waals surface area contributed by atoms with E-state index in [9.17, 15) is 0 Å². The third kappa shape index (κ3) is 3.55. The second kappa shape index (κ2) is 6.50. The lowest BCUT2D eigenvalue weighted by molar-refractivity contribution is 0.531. The zero-order valence-electron chi connectivity index (χ0n) is 11.5. The summed E-state index contributed by atoms with van der Waals surface area (Å²) < 4.78 is 1.73. The van der Waals surface area contributed by atoms with Crippen LogP contribution in [0.15, 0.2) is 11.6 Å². The van der Waals surface area contributed by atoms with Crippen LogP contribution in [0.5, 0.6) is 0 Å². The molecule has 4 nitrogen and oxygen atoms in total. The molecule has 0 aliphatic carbocycles. The molecule has 0 aliphatic rings. The topological polar surface area (TPSA) is 42.7 Å². The normalized spacial score (nSPS) is 12.8. The second-order valence-corrected chi connectivity index (χ2v) is 5.98. The van der Waals surface area contributed by atoms with Crippen molar-refractivity contribution in [2.75, 3.05) is 6.54 Å². The Bertz CT molecular complexity index is 534. The third-order valence-electron chi connectivity index (χ3n) is 2.95. The van der Waals surface area contributed by atoms with E-state index in [2.05, 4.69) is 27.9 Å². The molecule has 0 saturated heterocycles. The van der Waals surface area contributed by atoms with Crippen LogP contribution in [0, 0.1) is 6.92 Å². The van der Waals surface area contributed by atoms with Crippen molar-refractivity contribution in [1.82, 2.24) is 20.3 Å². The predicted molar refractivity (Wildman–Crippen MR) is 79.8 cm³/mol. The van der Waals surface area contributed by atoms with E-state index in [1.54, 1.807) is 16.0 Å². The third-order valence-corrected chi connectivity index (χ3v) is 4.77. The molecule has 0 fully saturated rings. The average molecular weight is 299 g/mol. The van der Waals surface area contributed by atoms with E-state index in [-0.39, 0.29) is 6.04 Å². The monoisotopic (exact) mass is 298 g/mol. The zero-order chi connectivity index (χ0) is 13.8. The smallest absolute Gasteiger partial charge is 0.0846 e. The maximum absolute atomic E-state index is 6.38. The largest absolute Gasteiger partial charge is 0.309 e. The van der Waals surface area contributed by atoms with Gasteiger partial charge in [0.05, 0.1) is 10.7 Å². The molecule has 19 heavy (non-hydrogen) atoms. The molecule has 1 atom stereocenters. The molecule has 0 aromatic carbocycles. The Kier molecular flexibility index (Phi) is 4.96. The van der Waals surface area contributed by atoms with Gasteiger partial charge in [-0.05, 0) is 30.8 Å². The first-order chi connectivity index (χ1) is 9.11. The minimum atomic E-state index is 0.211. The molecule has 2 aromatic rings. The summed E-state index contributed by atoms with van der Waals surface area (Å²) in [4.78, 5) is 1.19. The molecule has 0 saturated carbocycles. The molecular weight excluding hydrogens is 280 g/mol. The van der Waals surface area contributed by atoms with Crippen LogP contribution in [0.2, 0.25) is 5.02 Å². The Balaban J connectivity index is 2.18. The van der Waals surface area contributed by atoms with Crippen LogP contribution in [-0.4, -0.2) is 21.5 Å². The highest BCUT2D eigenvalue weighted by Crippen LogP contribution is 2.33. The van der Waals surface area contributed by atoms with Gasteiger partial charge in [-0.25, -0.2) is 0 Å². The molecule has 2 rings (SSSR count). The molecule has 0 bridgehead atoms. The summed E-state index contributed by atoms with van der Waals surface area (Å²) in [7, 11) is 1.88. The molecule has 1 unspecified atom stereocenters. The Hall–Kier alpha value is -0.910. The summed E-state index contributed by atoms with van der Waals surface area (Å²) in [5.74, 6) is 0. The lowest BCUT2D eigenvalue weighted by atomic mass is 10.1. The summed E-state index contributed by atoms with van der Waals surface area (Å²) in [5, 5.41) is 14.7. The van der Waals surface area contributed by atoms with Gasteiger partial charge in [0.15, 0.2) is 0 Å². The van der Waals surface area contributed by atoms with Crippen molar-refractivity contribution in [2.24, 2.45) is 7.05 Å². The van der Waals surface area contributed by atoms with Crippen molar-refractivity contribution >= 4 is 22.9 Å². The van der Waals surface area contributed by atoms with E-state index < -0.39 is 0 Å². The first-order valence-electron chi connectivity index (χ1n) is 6.43. The zero-order valence-corrected chi connectivity index (χ0v) is 13.1. The molecule has 0 aliphatic heterocycles. The first-order valence-corrected chi connectivity index (χ1v) is 7.69. The minimum absolute atomic E-state index is 0.211. The van der Waals surface area contributed by atoms with Crippen LogP contribution in [0.25, 0.3) is 0 Å². The van der Waals surface area contributed by atoms with E-state index in [0.717, 1.165) is 35.7 Å². The van der Waals surface area contributed by atoms with E-state index in [1.807, 2.05) is 20.2 Å². The molecule has 2 heterocycles. The van der Waals surface area contributed by atoms with Crippen molar-refractivity contribution in [2.45, 2.75) is 32.7 Å². The number of hydrogen-bond donors (Lipinski definition) is 1. The number of thiophene rings is 1. The molecule has 0 amide bonds. The lowest BCUT2D eigenvalue weighted by Crippen LogP contribution is -2.23. The van der Waals surface area contributed by atoms with Gasteiger partial charge >= 0.3 is 0 Å². The van der Waals surface area contributed by atoms with Gasteiger partial charge in [0, 0.05) is 30.6 Å². The van der Waals surface area contributed by atoms with E-state index in [0.29, 0.717) is 0 Å². The second-order valence-electron chi connectivity index (χ2n) is 4.69. The summed E-state index contributed by atoms with van der Waals surface area (Å²) in [6.45, 7) is 5.17. The van der Waals surface area contributed by atoms with E-state index in [4.69, 9.17) is 11.6 Å².